The molecule has 1 aromatic heterocycles. The van der Waals surface area contributed by atoms with Gasteiger partial charge < -0.3 is 10.0 Å². The third-order valence-electron chi connectivity index (χ3n) is 3.51. The molecule has 1 fully saturated rings. The van der Waals surface area contributed by atoms with Crippen LogP contribution in [0.2, 0.25) is 0 Å². The maximum atomic E-state index is 10.6. The van der Waals surface area contributed by atoms with E-state index in [0.29, 0.717) is 5.92 Å². The summed E-state index contributed by atoms with van der Waals surface area (Å²) < 4.78 is 0. The summed E-state index contributed by atoms with van der Waals surface area (Å²) in [7, 11) is 0. The van der Waals surface area contributed by atoms with E-state index in [2.05, 4.69) is 23.7 Å². The fourth-order valence-electron chi connectivity index (χ4n) is 2.55. The Kier molecular flexibility index (Phi) is 3.79. The normalized spacial score (nSPS) is 20.7. The topological polar surface area (TPSA) is 36.4 Å². The molecule has 17 heavy (non-hydrogen) atoms. The zero-order valence-electron chi connectivity index (χ0n) is 10.8. The fraction of sp³-hybridized carbons (Fsp3) is 0.643. The molecule has 1 aliphatic heterocycles. The Morgan fingerprint density at radius 3 is 2.65 bits per heavy atom. The van der Waals surface area contributed by atoms with E-state index in [1.807, 2.05) is 12.1 Å². The van der Waals surface area contributed by atoms with Crippen molar-refractivity contribution in [2.24, 2.45) is 5.92 Å². The number of pyridine rings is 1. The highest BCUT2D eigenvalue weighted by Crippen LogP contribution is 2.32. The van der Waals surface area contributed by atoms with Gasteiger partial charge in [0.05, 0.1) is 5.60 Å². The molecule has 0 unspecified atom stereocenters. The predicted octanol–water partition coefficient (Wildman–Crippen LogP) is 2.02. The zero-order chi connectivity index (χ0) is 12.3. The molecule has 1 aromatic rings. The van der Waals surface area contributed by atoms with E-state index < -0.39 is 5.60 Å². The number of hydrogen-bond acceptors (Lipinski definition) is 3. The smallest absolute Gasteiger partial charge is 0.0935 e. The SMILES string of the molecule is CC(C)CN1CCC(O)(c2cccnc2)CC1. The van der Waals surface area contributed by atoms with Gasteiger partial charge in [0.15, 0.2) is 0 Å². The quantitative estimate of drug-likeness (QED) is 0.869. The monoisotopic (exact) mass is 234 g/mol. The van der Waals surface area contributed by atoms with Crippen LogP contribution >= 0.6 is 0 Å². The van der Waals surface area contributed by atoms with Gasteiger partial charge in [-0.05, 0) is 24.8 Å². The lowest BCUT2D eigenvalue weighted by Gasteiger charge is -2.39. The second-order valence-electron chi connectivity index (χ2n) is 5.47. The first-order valence-electron chi connectivity index (χ1n) is 6.45. The first-order chi connectivity index (χ1) is 8.10. The lowest BCUT2D eigenvalue weighted by molar-refractivity contribution is -0.0282. The lowest BCUT2D eigenvalue weighted by Crippen LogP contribution is -2.43. The molecule has 0 amide bonds. The maximum absolute atomic E-state index is 10.6. The molecular formula is C14H22N2O. The van der Waals surface area contributed by atoms with Crippen molar-refractivity contribution in [2.45, 2.75) is 32.3 Å². The van der Waals surface area contributed by atoms with E-state index in [1.54, 1.807) is 12.4 Å². The van der Waals surface area contributed by atoms with Crippen molar-refractivity contribution in [1.29, 1.82) is 0 Å². The van der Waals surface area contributed by atoms with Gasteiger partial charge in [0.25, 0.3) is 0 Å². The van der Waals surface area contributed by atoms with Crippen LogP contribution in [0.5, 0.6) is 0 Å². The van der Waals surface area contributed by atoms with Gasteiger partial charge in [-0.1, -0.05) is 19.9 Å². The molecule has 0 saturated carbocycles. The fourth-order valence-corrected chi connectivity index (χ4v) is 2.55. The van der Waals surface area contributed by atoms with Gasteiger partial charge in [-0.2, -0.15) is 0 Å². The molecule has 2 rings (SSSR count). The Labute approximate surface area is 103 Å². The van der Waals surface area contributed by atoms with Gasteiger partial charge in [0.1, 0.15) is 0 Å². The molecule has 0 radical (unpaired) electrons. The Morgan fingerprint density at radius 1 is 1.41 bits per heavy atom. The van der Waals surface area contributed by atoms with Gasteiger partial charge >= 0.3 is 0 Å². The van der Waals surface area contributed by atoms with Gasteiger partial charge in [-0.3, -0.25) is 4.98 Å². The third-order valence-corrected chi connectivity index (χ3v) is 3.51. The van der Waals surface area contributed by atoms with Crippen LogP contribution in [-0.2, 0) is 5.60 Å². The standard InChI is InChI=1S/C14H22N2O/c1-12(2)11-16-8-5-14(17,6-9-16)13-4-3-7-15-10-13/h3-4,7,10,12,17H,5-6,8-9,11H2,1-2H3. The van der Waals surface area contributed by atoms with Crippen LogP contribution in [0.25, 0.3) is 0 Å². The molecule has 94 valence electrons. The number of hydrogen-bond donors (Lipinski definition) is 1. The second-order valence-corrected chi connectivity index (χ2v) is 5.47. The molecule has 0 spiro atoms. The number of aromatic nitrogens is 1. The van der Waals surface area contributed by atoms with Crippen LogP contribution in [0, 0.1) is 5.92 Å². The van der Waals surface area contributed by atoms with Crippen LogP contribution in [0.3, 0.4) is 0 Å². The Morgan fingerprint density at radius 2 is 2.12 bits per heavy atom. The van der Waals surface area contributed by atoms with E-state index in [4.69, 9.17) is 0 Å². The van der Waals surface area contributed by atoms with Crippen molar-refractivity contribution in [3.8, 4) is 0 Å². The Bertz CT molecular complexity index is 342. The van der Waals surface area contributed by atoms with E-state index in [1.165, 1.54) is 0 Å². The van der Waals surface area contributed by atoms with Gasteiger partial charge in [-0.15, -0.1) is 0 Å². The summed E-state index contributed by atoms with van der Waals surface area (Å²) in [6, 6.07) is 3.87. The summed E-state index contributed by atoms with van der Waals surface area (Å²) in [6.07, 6.45) is 5.16. The molecule has 1 saturated heterocycles. The van der Waals surface area contributed by atoms with Crippen LogP contribution in [0.4, 0.5) is 0 Å². The average molecular weight is 234 g/mol. The molecule has 0 aliphatic carbocycles. The van der Waals surface area contributed by atoms with Crippen molar-refractivity contribution < 1.29 is 5.11 Å². The second kappa shape index (κ2) is 5.15. The lowest BCUT2D eigenvalue weighted by atomic mass is 9.85. The minimum Gasteiger partial charge on any atom is -0.385 e. The van der Waals surface area contributed by atoms with Crippen molar-refractivity contribution in [3.63, 3.8) is 0 Å². The van der Waals surface area contributed by atoms with Gasteiger partial charge in [-0.25, -0.2) is 0 Å². The van der Waals surface area contributed by atoms with Crippen molar-refractivity contribution in [3.05, 3.63) is 30.1 Å². The average Bonchev–Trinajstić information content (AvgIpc) is 2.33. The van der Waals surface area contributed by atoms with Gasteiger partial charge in [0.2, 0.25) is 0 Å². The summed E-state index contributed by atoms with van der Waals surface area (Å²) in [5.74, 6) is 0.694. The van der Waals surface area contributed by atoms with Crippen LogP contribution in [-0.4, -0.2) is 34.6 Å². The highest BCUT2D eigenvalue weighted by atomic mass is 16.3. The number of piperidine rings is 1. The van der Waals surface area contributed by atoms with E-state index in [-0.39, 0.29) is 0 Å². The minimum absolute atomic E-state index is 0.665. The molecule has 3 heteroatoms. The highest BCUT2D eigenvalue weighted by molar-refractivity contribution is 5.18. The van der Waals surface area contributed by atoms with Crippen molar-refractivity contribution >= 4 is 0 Å². The molecule has 0 aromatic carbocycles. The first kappa shape index (κ1) is 12.5. The van der Waals surface area contributed by atoms with E-state index in [9.17, 15) is 5.11 Å². The maximum Gasteiger partial charge on any atom is 0.0935 e. The van der Waals surface area contributed by atoms with Crippen LogP contribution in [0.15, 0.2) is 24.5 Å². The molecule has 1 aliphatic rings. The third kappa shape index (κ3) is 3.05. The summed E-state index contributed by atoms with van der Waals surface area (Å²) in [5.41, 5.74) is 0.297. The first-order valence-corrected chi connectivity index (χ1v) is 6.45. The number of nitrogens with zero attached hydrogens (tertiary/aromatic N) is 2. The molecule has 3 nitrogen and oxygen atoms in total. The highest BCUT2D eigenvalue weighted by Gasteiger charge is 2.33. The Hall–Kier alpha value is -0.930. The van der Waals surface area contributed by atoms with Crippen LogP contribution < -0.4 is 0 Å². The van der Waals surface area contributed by atoms with E-state index >= 15 is 0 Å². The van der Waals surface area contributed by atoms with Gasteiger partial charge in [0, 0.05) is 37.6 Å². The van der Waals surface area contributed by atoms with Crippen LogP contribution in [0.1, 0.15) is 32.3 Å². The summed E-state index contributed by atoms with van der Waals surface area (Å²) in [4.78, 5) is 6.54. The summed E-state index contributed by atoms with van der Waals surface area (Å²) >= 11 is 0. The number of rotatable bonds is 3. The minimum atomic E-state index is -0.665. The molecule has 0 atom stereocenters. The summed E-state index contributed by atoms with van der Waals surface area (Å²) in [5, 5.41) is 10.6. The molecule has 2 heterocycles. The largest absolute Gasteiger partial charge is 0.385 e. The zero-order valence-corrected chi connectivity index (χ0v) is 10.8. The number of aliphatic hydroxyl groups is 1. The predicted molar refractivity (Wildman–Crippen MR) is 68.6 cm³/mol. The molecular weight excluding hydrogens is 212 g/mol. The Balaban J connectivity index is 1.98. The molecule has 1 N–H and O–H groups in total. The molecule has 0 bridgehead atoms. The van der Waals surface area contributed by atoms with Crippen molar-refractivity contribution in [1.82, 2.24) is 9.88 Å². The number of likely N-dealkylation sites (tertiary alicyclic amines) is 1. The van der Waals surface area contributed by atoms with Crippen molar-refractivity contribution in [2.75, 3.05) is 19.6 Å². The van der Waals surface area contributed by atoms with E-state index in [0.717, 1.165) is 38.0 Å². The summed E-state index contributed by atoms with van der Waals surface area (Å²) in [6.45, 7) is 7.56.